The molecule has 1 aliphatic heterocycles. The molecule has 24 heavy (non-hydrogen) atoms. The molecule has 5 heteroatoms. The standard InChI is InChI=1S/C19H29N3O2/c1-5-22(14(2)3)17-10-8-16(9-11-17)19(24)20-15(4)13-21-12-6-7-18(21)23/h8-11,14-15H,5-7,12-13H2,1-4H3,(H,20,24). The van der Waals surface area contributed by atoms with Gasteiger partial charge >= 0.3 is 0 Å². The number of nitrogens with zero attached hydrogens (tertiary/aromatic N) is 2. The number of likely N-dealkylation sites (tertiary alicyclic amines) is 1. The van der Waals surface area contributed by atoms with Crippen LogP contribution in [0.15, 0.2) is 24.3 Å². The van der Waals surface area contributed by atoms with Crippen molar-refractivity contribution in [1.29, 1.82) is 0 Å². The van der Waals surface area contributed by atoms with Gasteiger partial charge in [0.15, 0.2) is 0 Å². The van der Waals surface area contributed by atoms with Crippen LogP contribution in [-0.4, -0.2) is 48.4 Å². The van der Waals surface area contributed by atoms with Crippen LogP contribution in [0.25, 0.3) is 0 Å². The third-order valence-corrected chi connectivity index (χ3v) is 4.47. The molecule has 0 bridgehead atoms. The Morgan fingerprint density at radius 2 is 1.92 bits per heavy atom. The van der Waals surface area contributed by atoms with E-state index in [9.17, 15) is 9.59 Å². The van der Waals surface area contributed by atoms with Gasteiger partial charge in [-0.25, -0.2) is 0 Å². The molecule has 0 aliphatic carbocycles. The first-order chi connectivity index (χ1) is 11.4. The van der Waals surface area contributed by atoms with Gasteiger partial charge < -0.3 is 15.1 Å². The summed E-state index contributed by atoms with van der Waals surface area (Å²) in [6.07, 6.45) is 1.55. The maximum absolute atomic E-state index is 12.4. The Kier molecular flexibility index (Phi) is 6.23. The number of nitrogens with one attached hydrogen (secondary N) is 1. The highest BCUT2D eigenvalue weighted by molar-refractivity contribution is 5.94. The molecular formula is C19H29N3O2. The normalized spacial score (nSPS) is 15.7. The van der Waals surface area contributed by atoms with Crippen LogP contribution in [0.1, 0.15) is 50.9 Å². The summed E-state index contributed by atoms with van der Waals surface area (Å²) in [6.45, 7) is 10.7. The SMILES string of the molecule is CCN(c1ccc(C(=O)NC(C)CN2CCCC2=O)cc1)C(C)C. The molecule has 1 unspecified atom stereocenters. The lowest BCUT2D eigenvalue weighted by Crippen LogP contribution is -2.42. The van der Waals surface area contributed by atoms with Crippen molar-refractivity contribution in [1.82, 2.24) is 10.2 Å². The lowest BCUT2D eigenvalue weighted by molar-refractivity contribution is -0.127. The van der Waals surface area contributed by atoms with Crippen LogP contribution in [0.4, 0.5) is 5.69 Å². The molecule has 0 saturated carbocycles. The van der Waals surface area contributed by atoms with E-state index in [0.717, 1.165) is 25.2 Å². The van der Waals surface area contributed by atoms with E-state index in [4.69, 9.17) is 0 Å². The van der Waals surface area contributed by atoms with Crippen LogP contribution < -0.4 is 10.2 Å². The van der Waals surface area contributed by atoms with E-state index in [1.54, 1.807) is 0 Å². The number of benzene rings is 1. The minimum atomic E-state index is -0.0895. The Hall–Kier alpha value is -2.04. The Morgan fingerprint density at radius 3 is 2.42 bits per heavy atom. The molecule has 1 fully saturated rings. The van der Waals surface area contributed by atoms with Crippen molar-refractivity contribution in [3.8, 4) is 0 Å². The van der Waals surface area contributed by atoms with Gasteiger partial charge in [0.2, 0.25) is 5.91 Å². The molecule has 2 amide bonds. The number of amides is 2. The maximum atomic E-state index is 12.4. The number of hydrogen-bond donors (Lipinski definition) is 1. The quantitative estimate of drug-likeness (QED) is 0.836. The van der Waals surface area contributed by atoms with E-state index in [2.05, 4.69) is 31.0 Å². The third kappa shape index (κ3) is 4.49. The Morgan fingerprint density at radius 1 is 1.25 bits per heavy atom. The zero-order valence-electron chi connectivity index (χ0n) is 15.2. The summed E-state index contributed by atoms with van der Waals surface area (Å²) >= 11 is 0. The Labute approximate surface area is 145 Å². The van der Waals surface area contributed by atoms with Crippen LogP contribution in [0, 0.1) is 0 Å². The first-order valence-corrected chi connectivity index (χ1v) is 8.87. The molecule has 132 valence electrons. The van der Waals surface area contributed by atoms with Crippen molar-refractivity contribution >= 4 is 17.5 Å². The second-order valence-corrected chi connectivity index (χ2v) is 6.74. The molecular weight excluding hydrogens is 302 g/mol. The molecule has 1 saturated heterocycles. The summed E-state index contributed by atoms with van der Waals surface area (Å²) in [5.74, 6) is 0.0992. The van der Waals surface area contributed by atoms with Gasteiger partial charge in [0.1, 0.15) is 0 Å². The molecule has 0 aromatic heterocycles. The monoisotopic (exact) mass is 331 g/mol. The molecule has 2 rings (SSSR count). The molecule has 0 radical (unpaired) electrons. The molecule has 1 aliphatic rings. The second-order valence-electron chi connectivity index (χ2n) is 6.74. The first-order valence-electron chi connectivity index (χ1n) is 8.87. The van der Waals surface area contributed by atoms with Gasteiger partial charge in [-0.15, -0.1) is 0 Å². The highest BCUT2D eigenvalue weighted by Crippen LogP contribution is 2.18. The van der Waals surface area contributed by atoms with Crippen LogP contribution in [-0.2, 0) is 4.79 Å². The van der Waals surface area contributed by atoms with E-state index >= 15 is 0 Å². The molecule has 1 N–H and O–H groups in total. The topological polar surface area (TPSA) is 52.7 Å². The third-order valence-electron chi connectivity index (χ3n) is 4.47. The van der Waals surface area contributed by atoms with E-state index < -0.39 is 0 Å². The Bertz CT molecular complexity index is 568. The zero-order chi connectivity index (χ0) is 17.7. The molecule has 1 aromatic rings. The molecule has 0 spiro atoms. The van der Waals surface area contributed by atoms with Gasteiger partial charge in [-0.05, 0) is 58.4 Å². The van der Waals surface area contributed by atoms with E-state index in [0.29, 0.717) is 24.6 Å². The number of carbonyl (C=O) groups is 2. The van der Waals surface area contributed by atoms with Crippen molar-refractivity contribution in [2.75, 3.05) is 24.5 Å². The average Bonchev–Trinajstić information content (AvgIpc) is 2.93. The molecule has 1 aromatic carbocycles. The summed E-state index contributed by atoms with van der Waals surface area (Å²) in [4.78, 5) is 28.1. The van der Waals surface area contributed by atoms with Crippen LogP contribution in [0.3, 0.4) is 0 Å². The second kappa shape index (κ2) is 8.18. The van der Waals surface area contributed by atoms with Gasteiger partial charge in [0, 0.05) is 49.4 Å². The number of anilines is 1. The van der Waals surface area contributed by atoms with E-state index in [1.807, 2.05) is 36.1 Å². The number of carbonyl (C=O) groups excluding carboxylic acids is 2. The Balaban J connectivity index is 1.93. The van der Waals surface area contributed by atoms with Crippen molar-refractivity contribution in [2.45, 2.75) is 52.6 Å². The largest absolute Gasteiger partial charge is 0.369 e. The van der Waals surface area contributed by atoms with E-state index in [1.165, 1.54) is 0 Å². The maximum Gasteiger partial charge on any atom is 0.251 e. The fraction of sp³-hybridized carbons (Fsp3) is 0.579. The summed E-state index contributed by atoms with van der Waals surface area (Å²) in [7, 11) is 0. The van der Waals surface area contributed by atoms with Gasteiger partial charge in [0.05, 0.1) is 0 Å². The van der Waals surface area contributed by atoms with Crippen molar-refractivity contribution in [3.63, 3.8) is 0 Å². The van der Waals surface area contributed by atoms with Crippen molar-refractivity contribution < 1.29 is 9.59 Å². The van der Waals surface area contributed by atoms with Gasteiger partial charge in [-0.1, -0.05) is 0 Å². The number of rotatable bonds is 7. The minimum absolute atomic E-state index is 0.0537. The average molecular weight is 331 g/mol. The summed E-state index contributed by atoms with van der Waals surface area (Å²) in [5.41, 5.74) is 1.78. The van der Waals surface area contributed by atoms with Crippen LogP contribution in [0.5, 0.6) is 0 Å². The lowest BCUT2D eigenvalue weighted by atomic mass is 10.1. The van der Waals surface area contributed by atoms with E-state index in [-0.39, 0.29) is 17.9 Å². The van der Waals surface area contributed by atoms with Crippen molar-refractivity contribution in [2.24, 2.45) is 0 Å². The number of hydrogen-bond acceptors (Lipinski definition) is 3. The lowest BCUT2D eigenvalue weighted by Gasteiger charge is -2.27. The summed E-state index contributed by atoms with van der Waals surface area (Å²) in [6, 6.07) is 8.09. The van der Waals surface area contributed by atoms with Gasteiger partial charge in [0.25, 0.3) is 5.91 Å². The van der Waals surface area contributed by atoms with Crippen LogP contribution >= 0.6 is 0 Å². The smallest absolute Gasteiger partial charge is 0.251 e. The van der Waals surface area contributed by atoms with Crippen LogP contribution in [0.2, 0.25) is 0 Å². The molecule has 1 heterocycles. The molecule has 1 atom stereocenters. The van der Waals surface area contributed by atoms with Gasteiger partial charge in [-0.2, -0.15) is 0 Å². The summed E-state index contributed by atoms with van der Waals surface area (Å²) < 4.78 is 0. The highest BCUT2D eigenvalue weighted by atomic mass is 16.2. The molecule has 5 nitrogen and oxygen atoms in total. The predicted molar refractivity (Wildman–Crippen MR) is 97.3 cm³/mol. The fourth-order valence-electron chi connectivity index (χ4n) is 3.23. The highest BCUT2D eigenvalue weighted by Gasteiger charge is 2.22. The van der Waals surface area contributed by atoms with Crippen molar-refractivity contribution in [3.05, 3.63) is 29.8 Å². The first kappa shape index (κ1) is 18.3. The fourth-order valence-corrected chi connectivity index (χ4v) is 3.23. The minimum Gasteiger partial charge on any atom is -0.369 e. The zero-order valence-corrected chi connectivity index (χ0v) is 15.2. The summed E-state index contributed by atoms with van der Waals surface area (Å²) in [5, 5.41) is 2.98. The van der Waals surface area contributed by atoms with Gasteiger partial charge in [-0.3, -0.25) is 9.59 Å². The predicted octanol–water partition coefficient (Wildman–Crippen LogP) is 2.66.